The van der Waals surface area contributed by atoms with Gasteiger partial charge in [-0.05, 0) is 57.4 Å². The minimum Gasteiger partial charge on any atom is -0.496 e. The van der Waals surface area contributed by atoms with Crippen LogP contribution < -0.4 is 15.4 Å². The van der Waals surface area contributed by atoms with Gasteiger partial charge in [0.1, 0.15) is 12.4 Å². The molecular weight excluding hydrogens is 484 g/mol. The topological polar surface area (TPSA) is 108 Å². The molecule has 212 valence electrons. The molecule has 0 aromatic heterocycles. The van der Waals surface area contributed by atoms with E-state index in [2.05, 4.69) is 20.8 Å². The number of nitrogens with zero attached hydrogens (tertiary/aromatic N) is 1. The molecular formula is C30H46N2O6. The van der Waals surface area contributed by atoms with Crippen molar-refractivity contribution in [3.8, 4) is 5.75 Å². The fraction of sp³-hybridized carbons (Fsp3) is 0.633. The van der Waals surface area contributed by atoms with Gasteiger partial charge in [-0.3, -0.25) is 9.69 Å². The molecule has 2 amide bonds. The van der Waals surface area contributed by atoms with Crippen LogP contribution in [0.1, 0.15) is 107 Å². The molecule has 1 aromatic carbocycles. The fourth-order valence-electron chi connectivity index (χ4n) is 4.88. The van der Waals surface area contributed by atoms with E-state index in [0.717, 1.165) is 47.9 Å². The number of hydrogen-bond donors (Lipinski definition) is 1. The van der Waals surface area contributed by atoms with Crippen LogP contribution in [0.15, 0.2) is 11.6 Å². The maximum atomic E-state index is 13.0. The Kier molecular flexibility index (Phi) is 12.1. The zero-order valence-electron chi connectivity index (χ0n) is 24.3. The van der Waals surface area contributed by atoms with E-state index in [1.165, 1.54) is 0 Å². The Bertz CT molecular complexity index is 1030. The van der Waals surface area contributed by atoms with Crippen molar-refractivity contribution in [2.45, 2.75) is 106 Å². The van der Waals surface area contributed by atoms with Crippen molar-refractivity contribution >= 4 is 23.7 Å². The number of methoxy groups -OCH3 is 1. The summed E-state index contributed by atoms with van der Waals surface area (Å²) in [5.74, 6) is 0.430. The largest absolute Gasteiger partial charge is 0.496 e. The summed E-state index contributed by atoms with van der Waals surface area (Å²) in [7, 11) is 1.59. The van der Waals surface area contributed by atoms with Gasteiger partial charge in [0.2, 0.25) is 0 Å². The van der Waals surface area contributed by atoms with Crippen LogP contribution in [0.25, 0.3) is 0 Å². The number of carbonyl (C=O) groups excluding carboxylic acids is 3. The third-order valence-electron chi connectivity index (χ3n) is 7.19. The Morgan fingerprint density at radius 3 is 2.47 bits per heavy atom. The van der Waals surface area contributed by atoms with Crippen LogP contribution in [-0.2, 0) is 27.3 Å². The minimum atomic E-state index is -0.605. The van der Waals surface area contributed by atoms with Crippen molar-refractivity contribution in [2.24, 2.45) is 11.7 Å². The zero-order valence-corrected chi connectivity index (χ0v) is 24.3. The van der Waals surface area contributed by atoms with Crippen LogP contribution in [0, 0.1) is 12.8 Å². The molecule has 1 atom stereocenters. The first-order valence-corrected chi connectivity index (χ1v) is 13.9. The Hall–Kier alpha value is -3.03. The SMILES string of the molecule is CCCCC(CC)N(C(N)=O)c1c(CC=C(C)CCC(=O)OCCC(C)C)c(OC)c(C)c2c1C(=O)OC2. The number of urea groups is 1. The Balaban J connectivity index is 2.48. The number of esters is 2. The third-order valence-corrected chi connectivity index (χ3v) is 7.19. The molecule has 2 N–H and O–H groups in total. The van der Waals surface area contributed by atoms with Crippen LogP contribution in [-0.4, -0.2) is 37.7 Å². The van der Waals surface area contributed by atoms with E-state index < -0.39 is 12.0 Å². The average Bonchev–Trinajstić information content (AvgIpc) is 3.26. The first-order valence-electron chi connectivity index (χ1n) is 13.9. The molecule has 1 aliphatic heterocycles. The molecule has 0 fully saturated rings. The lowest BCUT2D eigenvalue weighted by molar-refractivity contribution is -0.143. The second-order valence-electron chi connectivity index (χ2n) is 10.5. The lowest BCUT2D eigenvalue weighted by Gasteiger charge is -2.33. The standard InChI is InChI=1S/C30H46N2O6/c1-8-10-11-22(9-2)32(30(31)35)27-23(28(36-7)21(6)24-18-38-29(34)26(24)27)14-12-20(5)13-15-25(33)37-17-16-19(3)4/h12,19,22H,8-11,13-18H2,1-7H3,(H2,31,35). The summed E-state index contributed by atoms with van der Waals surface area (Å²) in [5, 5.41) is 0. The number of cyclic esters (lactones) is 1. The Morgan fingerprint density at radius 2 is 1.89 bits per heavy atom. The number of unbranched alkanes of at least 4 members (excludes halogenated alkanes) is 1. The number of benzene rings is 1. The van der Waals surface area contributed by atoms with Gasteiger partial charge < -0.3 is 19.9 Å². The van der Waals surface area contributed by atoms with Crippen molar-refractivity contribution < 1.29 is 28.6 Å². The minimum absolute atomic E-state index is 0.135. The van der Waals surface area contributed by atoms with Gasteiger partial charge >= 0.3 is 18.0 Å². The van der Waals surface area contributed by atoms with Crippen LogP contribution in [0.3, 0.4) is 0 Å². The summed E-state index contributed by atoms with van der Waals surface area (Å²) < 4.78 is 16.6. The van der Waals surface area contributed by atoms with Crippen molar-refractivity contribution in [1.82, 2.24) is 0 Å². The molecule has 0 bridgehead atoms. The molecule has 38 heavy (non-hydrogen) atoms. The number of carbonyl (C=O) groups is 3. The number of hydrogen-bond acceptors (Lipinski definition) is 6. The highest BCUT2D eigenvalue weighted by atomic mass is 16.5. The zero-order chi connectivity index (χ0) is 28.4. The summed E-state index contributed by atoms with van der Waals surface area (Å²) in [6.07, 6.45) is 7.48. The molecule has 0 saturated heterocycles. The maximum absolute atomic E-state index is 13.0. The van der Waals surface area contributed by atoms with E-state index in [1.807, 2.05) is 26.8 Å². The van der Waals surface area contributed by atoms with Gasteiger partial charge in [0.25, 0.3) is 0 Å². The van der Waals surface area contributed by atoms with Crippen molar-refractivity contribution in [1.29, 1.82) is 0 Å². The lowest BCUT2D eigenvalue weighted by Crippen LogP contribution is -2.45. The summed E-state index contributed by atoms with van der Waals surface area (Å²) in [4.78, 5) is 39.6. The molecule has 1 heterocycles. The van der Waals surface area contributed by atoms with Crippen LogP contribution in [0.4, 0.5) is 10.5 Å². The van der Waals surface area contributed by atoms with Gasteiger partial charge in [0.15, 0.2) is 0 Å². The van der Waals surface area contributed by atoms with E-state index in [-0.39, 0.29) is 18.6 Å². The normalized spacial score (nSPS) is 13.8. The van der Waals surface area contributed by atoms with Crippen molar-refractivity contribution in [3.63, 3.8) is 0 Å². The second kappa shape index (κ2) is 14.8. The van der Waals surface area contributed by atoms with Gasteiger partial charge in [-0.2, -0.15) is 0 Å². The van der Waals surface area contributed by atoms with E-state index >= 15 is 0 Å². The first-order chi connectivity index (χ1) is 18.1. The number of primary amides is 1. The monoisotopic (exact) mass is 530 g/mol. The highest BCUT2D eigenvalue weighted by molar-refractivity contribution is 6.06. The second-order valence-corrected chi connectivity index (χ2v) is 10.5. The number of ether oxygens (including phenoxy) is 3. The van der Waals surface area contributed by atoms with Crippen LogP contribution in [0.5, 0.6) is 5.75 Å². The van der Waals surface area contributed by atoms with Gasteiger partial charge in [-0.15, -0.1) is 0 Å². The van der Waals surface area contributed by atoms with E-state index in [4.69, 9.17) is 19.9 Å². The van der Waals surface area contributed by atoms with E-state index in [0.29, 0.717) is 55.2 Å². The molecule has 1 aromatic rings. The molecule has 8 heteroatoms. The smallest absolute Gasteiger partial charge is 0.341 e. The van der Waals surface area contributed by atoms with Gasteiger partial charge in [0, 0.05) is 23.6 Å². The van der Waals surface area contributed by atoms with Crippen molar-refractivity contribution in [2.75, 3.05) is 18.6 Å². The van der Waals surface area contributed by atoms with Gasteiger partial charge in [-0.25, -0.2) is 9.59 Å². The van der Waals surface area contributed by atoms with E-state index in [1.54, 1.807) is 12.0 Å². The first kappa shape index (κ1) is 31.2. The average molecular weight is 531 g/mol. The number of allylic oxidation sites excluding steroid dienone is 2. The van der Waals surface area contributed by atoms with Gasteiger partial charge in [-0.1, -0.05) is 52.2 Å². The molecule has 0 aliphatic carbocycles. The summed E-state index contributed by atoms with van der Waals surface area (Å²) >= 11 is 0. The molecule has 0 radical (unpaired) electrons. The molecule has 1 aliphatic rings. The molecule has 8 nitrogen and oxygen atoms in total. The number of nitrogens with two attached hydrogens (primary N) is 1. The number of anilines is 1. The van der Waals surface area contributed by atoms with Gasteiger partial charge in [0.05, 0.1) is 25.0 Å². The van der Waals surface area contributed by atoms with Crippen LogP contribution >= 0.6 is 0 Å². The predicted molar refractivity (Wildman–Crippen MR) is 150 cm³/mol. The van der Waals surface area contributed by atoms with Crippen LogP contribution in [0.2, 0.25) is 0 Å². The van der Waals surface area contributed by atoms with E-state index in [9.17, 15) is 14.4 Å². The molecule has 2 rings (SSSR count). The molecule has 0 spiro atoms. The summed E-state index contributed by atoms with van der Waals surface area (Å²) in [5.41, 5.74) is 10.1. The Labute approximate surface area is 227 Å². The number of fused-ring (bicyclic) bond motifs is 1. The summed E-state index contributed by atoms with van der Waals surface area (Å²) in [6, 6.07) is -0.770. The fourth-order valence-corrected chi connectivity index (χ4v) is 4.88. The lowest BCUT2D eigenvalue weighted by atomic mass is 9.91. The molecule has 1 unspecified atom stereocenters. The quantitative estimate of drug-likeness (QED) is 0.208. The number of amides is 2. The highest BCUT2D eigenvalue weighted by Crippen LogP contribution is 2.44. The molecule has 0 saturated carbocycles. The van der Waals surface area contributed by atoms with Crippen molar-refractivity contribution in [3.05, 3.63) is 33.9 Å². The Morgan fingerprint density at radius 1 is 1.18 bits per heavy atom. The number of rotatable bonds is 15. The maximum Gasteiger partial charge on any atom is 0.341 e. The highest BCUT2D eigenvalue weighted by Gasteiger charge is 2.37. The third kappa shape index (κ3) is 7.74. The summed E-state index contributed by atoms with van der Waals surface area (Å²) in [6.45, 7) is 12.7. The predicted octanol–water partition coefficient (Wildman–Crippen LogP) is 6.39.